The molecule has 1 aliphatic carbocycles. The van der Waals surface area contributed by atoms with Gasteiger partial charge in [-0.1, -0.05) is 23.2 Å². The molecule has 0 spiro atoms. The summed E-state index contributed by atoms with van der Waals surface area (Å²) < 4.78 is 0. The van der Waals surface area contributed by atoms with E-state index < -0.39 is 0 Å². The minimum Gasteiger partial charge on any atom is -0.339 e. The first kappa shape index (κ1) is 17.5. The van der Waals surface area contributed by atoms with Crippen LogP contribution in [0, 0.1) is 5.92 Å². The first-order chi connectivity index (χ1) is 11.4. The average molecular weight is 370 g/mol. The van der Waals surface area contributed by atoms with Crippen molar-refractivity contribution in [3.05, 3.63) is 33.8 Å². The second kappa shape index (κ2) is 7.30. The summed E-state index contributed by atoms with van der Waals surface area (Å²) in [6.07, 6.45) is 2.57. The molecule has 2 N–H and O–H groups in total. The topological polar surface area (TPSA) is 66.6 Å². The van der Waals surface area contributed by atoms with Gasteiger partial charge in [-0.15, -0.1) is 0 Å². The zero-order valence-electron chi connectivity index (χ0n) is 13.4. The van der Waals surface area contributed by atoms with Crippen LogP contribution in [0.15, 0.2) is 18.2 Å². The van der Waals surface area contributed by atoms with E-state index >= 15 is 0 Å². The Morgan fingerprint density at radius 2 is 1.54 bits per heavy atom. The zero-order chi connectivity index (χ0) is 17.3. The molecule has 1 aromatic carbocycles. The van der Waals surface area contributed by atoms with E-state index in [1.54, 1.807) is 23.1 Å². The smallest absolute Gasteiger partial charge is 0.254 e. The molecule has 1 saturated carbocycles. The average Bonchev–Trinajstić information content (AvgIpc) is 2.99. The fourth-order valence-electron chi connectivity index (χ4n) is 3.49. The van der Waals surface area contributed by atoms with Gasteiger partial charge in [0.05, 0.1) is 0 Å². The molecular formula is C17H21Cl2N3O2. The number of hydrogen-bond donors (Lipinski definition) is 1. The maximum Gasteiger partial charge on any atom is 0.254 e. The predicted octanol–water partition coefficient (Wildman–Crippen LogP) is 2.41. The minimum atomic E-state index is -0.102. The summed E-state index contributed by atoms with van der Waals surface area (Å²) in [7, 11) is 0. The number of halogens is 2. The lowest BCUT2D eigenvalue weighted by atomic mass is 10.1. The first-order valence-corrected chi connectivity index (χ1v) is 8.99. The Hall–Kier alpha value is -1.30. The molecule has 1 saturated heterocycles. The third kappa shape index (κ3) is 3.85. The van der Waals surface area contributed by atoms with Gasteiger partial charge in [-0.2, -0.15) is 0 Å². The van der Waals surface area contributed by atoms with Crippen molar-refractivity contribution in [2.45, 2.75) is 25.3 Å². The van der Waals surface area contributed by atoms with Crippen LogP contribution in [0.25, 0.3) is 0 Å². The molecule has 2 unspecified atom stereocenters. The van der Waals surface area contributed by atoms with Crippen LogP contribution in [0.5, 0.6) is 0 Å². The highest BCUT2D eigenvalue weighted by atomic mass is 35.5. The number of carbonyl (C=O) groups excluding carboxylic acids is 2. The number of rotatable bonds is 2. The molecule has 1 aromatic rings. The Morgan fingerprint density at radius 1 is 0.958 bits per heavy atom. The SMILES string of the molecule is NC1CCC(C(=O)N2CCN(C(=O)c3cc(Cl)cc(Cl)c3)CC2)C1. The van der Waals surface area contributed by atoms with Gasteiger partial charge in [0.15, 0.2) is 0 Å². The number of carbonyl (C=O) groups is 2. The third-order valence-electron chi connectivity index (χ3n) is 4.81. The van der Waals surface area contributed by atoms with Crippen molar-refractivity contribution in [3.8, 4) is 0 Å². The summed E-state index contributed by atoms with van der Waals surface area (Å²) in [6.45, 7) is 2.16. The molecule has 24 heavy (non-hydrogen) atoms. The predicted molar refractivity (Wildman–Crippen MR) is 94.3 cm³/mol. The summed E-state index contributed by atoms with van der Waals surface area (Å²) in [5.74, 6) is 0.129. The summed E-state index contributed by atoms with van der Waals surface area (Å²) in [6, 6.07) is 4.98. The molecule has 0 radical (unpaired) electrons. The number of piperazine rings is 1. The van der Waals surface area contributed by atoms with Gasteiger partial charge in [0.2, 0.25) is 5.91 Å². The monoisotopic (exact) mass is 369 g/mol. The maximum atomic E-state index is 12.6. The van der Waals surface area contributed by atoms with E-state index in [4.69, 9.17) is 28.9 Å². The van der Waals surface area contributed by atoms with Crippen LogP contribution in [0.3, 0.4) is 0 Å². The third-order valence-corrected chi connectivity index (χ3v) is 5.25. The van der Waals surface area contributed by atoms with Gasteiger partial charge in [-0.25, -0.2) is 0 Å². The molecule has 3 rings (SSSR count). The van der Waals surface area contributed by atoms with Crippen LogP contribution in [0.4, 0.5) is 0 Å². The molecule has 0 bridgehead atoms. The van der Waals surface area contributed by atoms with E-state index in [1.165, 1.54) is 0 Å². The Kier molecular flexibility index (Phi) is 5.33. The first-order valence-electron chi connectivity index (χ1n) is 8.24. The van der Waals surface area contributed by atoms with E-state index in [9.17, 15) is 9.59 Å². The minimum absolute atomic E-state index is 0.0500. The maximum absolute atomic E-state index is 12.6. The quantitative estimate of drug-likeness (QED) is 0.870. The van der Waals surface area contributed by atoms with Crippen molar-refractivity contribution in [2.24, 2.45) is 11.7 Å². The van der Waals surface area contributed by atoms with E-state index in [2.05, 4.69) is 0 Å². The molecule has 2 aliphatic rings. The van der Waals surface area contributed by atoms with Crippen LogP contribution < -0.4 is 5.73 Å². The molecule has 2 fully saturated rings. The molecule has 130 valence electrons. The molecule has 1 aliphatic heterocycles. The Bertz CT molecular complexity index is 624. The van der Waals surface area contributed by atoms with Gasteiger partial charge in [0, 0.05) is 53.7 Å². The van der Waals surface area contributed by atoms with Gasteiger partial charge < -0.3 is 15.5 Å². The lowest BCUT2D eigenvalue weighted by Gasteiger charge is -2.36. The Balaban J connectivity index is 1.58. The van der Waals surface area contributed by atoms with Gasteiger partial charge in [0.25, 0.3) is 5.91 Å². The standard InChI is InChI=1S/C17H21Cl2N3O2/c18-13-7-12(8-14(19)10-13)17(24)22-5-3-21(4-6-22)16(23)11-1-2-15(20)9-11/h7-8,10-11,15H,1-6,9,20H2. The van der Waals surface area contributed by atoms with Gasteiger partial charge >= 0.3 is 0 Å². The number of amides is 2. The number of hydrogen-bond acceptors (Lipinski definition) is 3. The Morgan fingerprint density at radius 3 is 2.08 bits per heavy atom. The lowest BCUT2D eigenvalue weighted by molar-refractivity contribution is -0.136. The summed E-state index contributed by atoms with van der Waals surface area (Å²) in [5.41, 5.74) is 6.38. The molecule has 1 heterocycles. The second-order valence-electron chi connectivity index (χ2n) is 6.55. The normalized spacial score (nSPS) is 24.3. The fourth-order valence-corrected chi connectivity index (χ4v) is 4.01. The fraction of sp³-hybridized carbons (Fsp3) is 0.529. The van der Waals surface area contributed by atoms with Crippen molar-refractivity contribution >= 4 is 35.0 Å². The van der Waals surface area contributed by atoms with Crippen LogP contribution in [-0.2, 0) is 4.79 Å². The van der Waals surface area contributed by atoms with E-state index in [-0.39, 0.29) is 23.8 Å². The van der Waals surface area contributed by atoms with Crippen molar-refractivity contribution in [3.63, 3.8) is 0 Å². The van der Waals surface area contributed by atoms with Gasteiger partial charge in [0.1, 0.15) is 0 Å². The van der Waals surface area contributed by atoms with Crippen molar-refractivity contribution in [1.82, 2.24) is 9.80 Å². The van der Waals surface area contributed by atoms with Crippen LogP contribution >= 0.6 is 23.2 Å². The van der Waals surface area contributed by atoms with Gasteiger partial charge in [-0.05, 0) is 37.5 Å². The van der Waals surface area contributed by atoms with Crippen molar-refractivity contribution in [2.75, 3.05) is 26.2 Å². The number of benzene rings is 1. The van der Waals surface area contributed by atoms with E-state index in [1.807, 2.05) is 4.90 Å². The highest BCUT2D eigenvalue weighted by Gasteiger charge is 2.33. The van der Waals surface area contributed by atoms with Gasteiger partial charge in [-0.3, -0.25) is 9.59 Å². The lowest BCUT2D eigenvalue weighted by Crippen LogP contribution is -2.51. The van der Waals surface area contributed by atoms with Crippen molar-refractivity contribution in [1.29, 1.82) is 0 Å². The van der Waals surface area contributed by atoms with E-state index in [0.29, 0.717) is 41.8 Å². The van der Waals surface area contributed by atoms with Crippen LogP contribution in [0.2, 0.25) is 10.0 Å². The highest BCUT2D eigenvalue weighted by Crippen LogP contribution is 2.27. The second-order valence-corrected chi connectivity index (χ2v) is 7.42. The summed E-state index contributed by atoms with van der Waals surface area (Å²) in [5, 5.41) is 0.884. The number of nitrogens with zero attached hydrogens (tertiary/aromatic N) is 2. The number of nitrogens with two attached hydrogens (primary N) is 1. The molecule has 2 amide bonds. The highest BCUT2D eigenvalue weighted by molar-refractivity contribution is 6.35. The van der Waals surface area contributed by atoms with Crippen LogP contribution in [0.1, 0.15) is 29.6 Å². The van der Waals surface area contributed by atoms with E-state index in [0.717, 1.165) is 19.3 Å². The summed E-state index contributed by atoms with van der Waals surface area (Å²) in [4.78, 5) is 28.7. The largest absolute Gasteiger partial charge is 0.339 e. The molecular weight excluding hydrogens is 349 g/mol. The molecule has 5 nitrogen and oxygen atoms in total. The molecule has 7 heteroatoms. The van der Waals surface area contributed by atoms with Crippen molar-refractivity contribution < 1.29 is 9.59 Å². The summed E-state index contributed by atoms with van der Waals surface area (Å²) >= 11 is 11.9. The molecule has 2 atom stereocenters. The Labute approximate surface area is 151 Å². The van der Waals surface area contributed by atoms with Crippen LogP contribution in [-0.4, -0.2) is 53.8 Å². The molecule has 0 aromatic heterocycles. The zero-order valence-corrected chi connectivity index (χ0v) is 14.9.